The molecule has 2 amide bonds. The van der Waals surface area contributed by atoms with Crippen molar-refractivity contribution in [2.24, 2.45) is 0 Å². The van der Waals surface area contributed by atoms with E-state index >= 15 is 0 Å². The molecule has 142 valence electrons. The number of hydrogen-bond donors (Lipinski definition) is 1. The Labute approximate surface area is 164 Å². The van der Waals surface area contributed by atoms with Crippen LogP contribution in [-0.2, 0) is 18.5 Å². The highest BCUT2D eigenvalue weighted by atomic mass is 35.5. The van der Waals surface area contributed by atoms with Gasteiger partial charge >= 0.3 is 6.03 Å². The van der Waals surface area contributed by atoms with Crippen LogP contribution in [0.3, 0.4) is 0 Å². The van der Waals surface area contributed by atoms with Crippen molar-refractivity contribution in [3.8, 4) is 11.5 Å². The van der Waals surface area contributed by atoms with Crippen molar-refractivity contribution in [3.05, 3.63) is 58.1 Å². The van der Waals surface area contributed by atoms with Crippen LogP contribution in [0.15, 0.2) is 36.4 Å². The topological polar surface area (TPSA) is 50.8 Å². The quantitative estimate of drug-likeness (QED) is 0.860. The van der Waals surface area contributed by atoms with E-state index in [9.17, 15) is 4.79 Å². The maximum Gasteiger partial charge on any atom is 0.318 e. The van der Waals surface area contributed by atoms with Crippen molar-refractivity contribution < 1.29 is 14.3 Å². The van der Waals surface area contributed by atoms with Gasteiger partial charge in [-0.05, 0) is 60.2 Å². The molecule has 2 aromatic rings. The van der Waals surface area contributed by atoms with Gasteiger partial charge in [-0.1, -0.05) is 23.7 Å². The van der Waals surface area contributed by atoms with E-state index in [4.69, 9.17) is 21.1 Å². The van der Waals surface area contributed by atoms with Gasteiger partial charge in [-0.3, -0.25) is 0 Å². The summed E-state index contributed by atoms with van der Waals surface area (Å²) < 4.78 is 10.8. The Balaban J connectivity index is 1.49. The molecule has 6 heteroatoms. The summed E-state index contributed by atoms with van der Waals surface area (Å²) in [5.74, 6) is 1.42. The average Bonchev–Trinajstić information content (AvgIpc) is 3.47. The van der Waals surface area contributed by atoms with Crippen LogP contribution in [0.2, 0.25) is 5.02 Å². The molecule has 27 heavy (non-hydrogen) atoms. The largest absolute Gasteiger partial charge is 0.493 e. The van der Waals surface area contributed by atoms with Gasteiger partial charge in [-0.25, -0.2) is 4.79 Å². The molecule has 4 rings (SSSR count). The highest BCUT2D eigenvalue weighted by Crippen LogP contribution is 2.46. The lowest BCUT2D eigenvalue weighted by Gasteiger charge is -2.31. The summed E-state index contributed by atoms with van der Waals surface area (Å²) in [5.41, 5.74) is 3.17. The monoisotopic (exact) mass is 386 g/mol. The Morgan fingerprint density at radius 3 is 2.30 bits per heavy atom. The third kappa shape index (κ3) is 3.44. The summed E-state index contributed by atoms with van der Waals surface area (Å²) in [6, 6.07) is 11.7. The standard InChI is InChI=1S/C21H23ClN2O3/c1-26-18-11-14-7-10-24(13-15(14)12-19(18)27-2)20(25)23-21(8-9-21)16-3-5-17(22)6-4-16/h3-6,11-12H,7-10,13H2,1-2H3,(H,23,25). The number of carbonyl (C=O) groups is 1. The lowest BCUT2D eigenvalue weighted by atomic mass is 9.99. The summed E-state index contributed by atoms with van der Waals surface area (Å²) in [7, 11) is 3.26. The Kier molecular flexibility index (Phi) is 4.64. The summed E-state index contributed by atoms with van der Waals surface area (Å²) in [5, 5.41) is 3.95. The molecule has 1 aliphatic heterocycles. The van der Waals surface area contributed by atoms with E-state index in [0.717, 1.165) is 36.1 Å². The molecule has 1 fully saturated rings. The first-order valence-corrected chi connectivity index (χ1v) is 9.49. The number of ether oxygens (including phenoxy) is 2. The molecule has 0 bridgehead atoms. The normalized spacial score (nSPS) is 17.1. The van der Waals surface area contributed by atoms with E-state index in [2.05, 4.69) is 5.32 Å². The maximum atomic E-state index is 12.9. The second kappa shape index (κ2) is 6.97. The Morgan fingerprint density at radius 2 is 1.70 bits per heavy atom. The average molecular weight is 387 g/mol. The van der Waals surface area contributed by atoms with Gasteiger partial charge in [0, 0.05) is 18.1 Å². The first kappa shape index (κ1) is 18.0. The second-order valence-corrected chi connectivity index (χ2v) is 7.60. The minimum Gasteiger partial charge on any atom is -0.493 e. The number of carbonyl (C=O) groups excluding carboxylic acids is 1. The number of nitrogens with zero attached hydrogens (tertiary/aromatic N) is 1. The molecule has 1 aliphatic carbocycles. The van der Waals surface area contributed by atoms with Crippen molar-refractivity contribution in [2.45, 2.75) is 31.3 Å². The zero-order chi connectivity index (χ0) is 19.0. The van der Waals surface area contributed by atoms with Crippen molar-refractivity contribution in [3.63, 3.8) is 0 Å². The number of hydrogen-bond acceptors (Lipinski definition) is 3. The summed E-state index contributed by atoms with van der Waals surface area (Å²) >= 11 is 5.99. The molecule has 1 N–H and O–H groups in total. The second-order valence-electron chi connectivity index (χ2n) is 7.17. The lowest BCUT2D eigenvalue weighted by molar-refractivity contribution is 0.186. The smallest absolute Gasteiger partial charge is 0.318 e. The zero-order valence-electron chi connectivity index (χ0n) is 15.5. The highest BCUT2D eigenvalue weighted by molar-refractivity contribution is 6.30. The van der Waals surface area contributed by atoms with E-state index in [-0.39, 0.29) is 11.6 Å². The minimum absolute atomic E-state index is 0.0251. The Bertz CT molecular complexity index is 862. The molecule has 0 spiro atoms. The lowest BCUT2D eigenvalue weighted by Crippen LogP contribution is -2.46. The number of amides is 2. The number of rotatable bonds is 4. The first-order chi connectivity index (χ1) is 13.0. The molecule has 0 aromatic heterocycles. The number of nitrogens with one attached hydrogen (secondary N) is 1. The maximum absolute atomic E-state index is 12.9. The molecule has 0 radical (unpaired) electrons. The molecule has 2 aliphatic rings. The molecule has 1 saturated carbocycles. The number of urea groups is 1. The van der Waals surface area contributed by atoms with E-state index in [1.807, 2.05) is 41.3 Å². The Morgan fingerprint density at radius 1 is 1.07 bits per heavy atom. The van der Waals surface area contributed by atoms with Crippen LogP contribution in [0, 0.1) is 0 Å². The van der Waals surface area contributed by atoms with Gasteiger partial charge in [0.05, 0.1) is 19.8 Å². The van der Waals surface area contributed by atoms with Crippen LogP contribution in [0.4, 0.5) is 4.79 Å². The van der Waals surface area contributed by atoms with Crippen LogP contribution in [0.1, 0.15) is 29.5 Å². The minimum atomic E-state index is -0.250. The number of fused-ring (bicyclic) bond motifs is 1. The number of methoxy groups -OCH3 is 2. The van der Waals surface area contributed by atoms with Crippen LogP contribution in [0.25, 0.3) is 0 Å². The first-order valence-electron chi connectivity index (χ1n) is 9.11. The van der Waals surface area contributed by atoms with Crippen molar-refractivity contribution in [1.29, 1.82) is 0 Å². The molecule has 0 saturated heterocycles. The number of benzene rings is 2. The van der Waals surface area contributed by atoms with Gasteiger partial charge in [-0.15, -0.1) is 0 Å². The van der Waals surface area contributed by atoms with Crippen LogP contribution in [0.5, 0.6) is 11.5 Å². The highest BCUT2D eigenvalue weighted by Gasteiger charge is 2.46. The van der Waals surface area contributed by atoms with Crippen LogP contribution >= 0.6 is 11.6 Å². The van der Waals surface area contributed by atoms with Gasteiger partial charge < -0.3 is 19.7 Å². The predicted molar refractivity (Wildman–Crippen MR) is 105 cm³/mol. The van der Waals surface area contributed by atoms with Crippen molar-refractivity contribution >= 4 is 17.6 Å². The molecule has 2 aromatic carbocycles. The van der Waals surface area contributed by atoms with Crippen molar-refractivity contribution in [2.75, 3.05) is 20.8 Å². The fraction of sp³-hybridized carbons (Fsp3) is 0.381. The molecule has 0 unspecified atom stereocenters. The van der Waals surface area contributed by atoms with E-state index in [1.54, 1.807) is 14.2 Å². The van der Waals surface area contributed by atoms with Gasteiger partial charge in [0.25, 0.3) is 0 Å². The molecular formula is C21H23ClN2O3. The van der Waals surface area contributed by atoms with Gasteiger partial charge in [0.15, 0.2) is 11.5 Å². The van der Waals surface area contributed by atoms with Gasteiger partial charge in [-0.2, -0.15) is 0 Å². The van der Waals surface area contributed by atoms with Crippen LogP contribution < -0.4 is 14.8 Å². The van der Waals surface area contributed by atoms with E-state index in [1.165, 1.54) is 5.56 Å². The van der Waals surface area contributed by atoms with E-state index < -0.39 is 0 Å². The predicted octanol–water partition coefficient (Wildman–Crippen LogP) is 4.11. The fourth-order valence-electron chi connectivity index (χ4n) is 3.72. The third-order valence-electron chi connectivity index (χ3n) is 5.50. The fourth-order valence-corrected chi connectivity index (χ4v) is 3.85. The summed E-state index contributed by atoms with van der Waals surface area (Å²) in [6.45, 7) is 1.25. The SMILES string of the molecule is COc1cc2c(cc1OC)CN(C(=O)NC1(c3ccc(Cl)cc3)CC1)CC2. The summed E-state index contributed by atoms with van der Waals surface area (Å²) in [4.78, 5) is 14.8. The molecule has 1 heterocycles. The van der Waals surface area contributed by atoms with Gasteiger partial charge in [0.2, 0.25) is 0 Å². The zero-order valence-corrected chi connectivity index (χ0v) is 16.3. The summed E-state index contributed by atoms with van der Waals surface area (Å²) in [6.07, 6.45) is 2.71. The Hall–Kier alpha value is -2.40. The van der Waals surface area contributed by atoms with Crippen LogP contribution in [-0.4, -0.2) is 31.7 Å². The van der Waals surface area contributed by atoms with Crippen molar-refractivity contribution in [1.82, 2.24) is 10.2 Å². The number of halogens is 1. The van der Waals surface area contributed by atoms with E-state index in [0.29, 0.717) is 23.9 Å². The molecule has 5 nitrogen and oxygen atoms in total. The van der Waals surface area contributed by atoms with Gasteiger partial charge in [0.1, 0.15) is 0 Å². The third-order valence-corrected chi connectivity index (χ3v) is 5.75. The molecular weight excluding hydrogens is 364 g/mol. The molecule has 0 atom stereocenters.